The number of anilines is 4. The number of nitrogens with one attached hydrogen (secondary N) is 2. The molecule has 1 amide bonds. The molecule has 31 heavy (non-hydrogen) atoms. The number of carbonyl (C=O) groups is 1. The highest BCUT2D eigenvalue weighted by atomic mass is 35.5. The van der Waals surface area contributed by atoms with E-state index in [2.05, 4.69) is 30.2 Å². The third-order valence-electron chi connectivity index (χ3n) is 3.70. The summed E-state index contributed by atoms with van der Waals surface area (Å²) in [6.07, 6.45) is 0. The molecular formula is C17H17ClN8O3S2. The van der Waals surface area contributed by atoms with E-state index in [0.717, 1.165) is 11.8 Å². The SMILES string of the molecule is CC(Sc1nc(N)cc(N)n1)C(=O)Nc1ccc(S(=O)(=O)Nc2ccc(Cl)nn2)cc1. The molecule has 0 saturated carbocycles. The number of thioether (sulfide) groups is 1. The zero-order valence-electron chi connectivity index (χ0n) is 16.0. The minimum Gasteiger partial charge on any atom is -0.383 e. The first-order chi connectivity index (χ1) is 14.6. The molecule has 0 bridgehead atoms. The van der Waals surface area contributed by atoms with Crippen molar-refractivity contribution in [2.75, 3.05) is 21.5 Å². The van der Waals surface area contributed by atoms with E-state index in [1.54, 1.807) is 6.92 Å². The molecule has 14 heteroatoms. The van der Waals surface area contributed by atoms with E-state index in [9.17, 15) is 13.2 Å². The fraction of sp³-hybridized carbons (Fsp3) is 0.118. The fourth-order valence-electron chi connectivity index (χ4n) is 2.25. The van der Waals surface area contributed by atoms with Crippen LogP contribution in [-0.4, -0.2) is 39.7 Å². The molecule has 0 aliphatic heterocycles. The number of nitrogens with zero attached hydrogens (tertiary/aromatic N) is 4. The van der Waals surface area contributed by atoms with Crippen molar-refractivity contribution in [1.29, 1.82) is 0 Å². The molecule has 2 aromatic heterocycles. The van der Waals surface area contributed by atoms with Gasteiger partial charge >= 0.3 is 0 Å². The second-order valence-corrected chi connectivity index (χ2v) is 9.50. The Morgan fingerprint density at radius 3 is 2.29 bits per heavy atom. The normalized spacial score (nSPS) is 12.2. The summed E-state index contributed by atoms with van der Waals surface area (Å²) < 4.78 is 27.2. The number of halogens is 1. The molecule has 0 spiro atoms. The molecule has 0 fully saturated rings. The van der Waals surface area contributed by atoms with Crippen LogP contribution in [0.3, 0.4) is 0 Å². The van der Waals surface area contributed by atoms with Crippen LogP contribution in [0.25, 0.3) is 0 Å². The summed E-state index contributed by atoms with van der Waals surface area (Å²) in [7, 11) is -3.89. The molecular weight excluding hydrogens is 464 g/mol. The highest BCUT2D eigenvalue weighted by Crippen LogP contribution is 2.23. The summed E-state index contributed by atoms with van der Waals surface area (Å²) in [5, 5.41) is 9.78. The number of nitrogens with two attached hydrogens (primary N) is 2. The number of benzene rings is 1. The van der Waals surface area contributed by atoms with Gasteiger partial charge in [-0.3, -0.25) is 9.52 Å². The third-order valence-corrected chi connectivity index (χ3v) is 6.23. The Kier molecular flexibility index (Phi) is 6.77. The van der Waals surface area contributed by atoms with E-state index in [-0.39, 0.29) is 38.6 Å². The lowest BCUT2D eigenvalue weighted by Crippen LogP contribution is -2.23. The van der Waals surface area contributed by atoms with Crippen LogP contribution in [0.5, 0.6) is 0 Å². The number of carbonyl (C=O) groups excluding carboxylic acids is 1. The van der Waals surface area contributed by atoms with Gasteiger partial charge in [0.25, 0.3) is 10.0 Å². The summed E-state index contributed by atoms with van der Waals surface area (Å²) in [5.41, 5.74) is 11.7. The molecule has 6 N–H and O–H groups in total. The van der Waals surface area contributed by atoms with Crippen LogP contribution in [0, 0.1) is 0 Å². The smallest absolute Gasteiger partial charge is 0.263 e. The van der Waals surface area contributed by atoms with Gasteiger partial charge in [0.1, 0.15) is 11.6 Å². The number of hydrogen-bond acceptors (Lipinski definition) is 10. The quantitative estimate of drug-likeness (QED) is 0.288. The molecule has 2 heterocycles. The molecule has 162 valence electrons. The lowest BCUT2D eigenvalue weighted by molar-refractivity contribution is -0.115. The average molecular weight is 481 g/mol. The van der Waals surface area contributed by atoms with Crippen molar-refractivity contribution >= 4 is 62.4 Å². The average Bonchev–Trinajstić information content (AvgIpc) is 2.69. The van der Waals surface area contributed by atoms with Crippen molar-refractivity contribution in [1.82, 2.24) is 20.2 Å². The van der Waals surface area contributed by atoms with Crippen molar-refractivity contribution in [2.24, 2.45) is 0 Å². The van der Waals surface area contributed by atoms with Crippen molar-refractivity contribution in [3.8, 4) is 0 Å². The predicted octanol–water partition coefficient (Wildman–Crippen LogP) is 2.00. The van der Waals surface area contributed by atoms with Crippen LogP contribution in [0.2, 0.25) is 5.15 Å². The van der Waals surface area contributed by atoms with E-state index in [4.69, 9.17) is 23.1 Å². The molecule has 1 atom stereocenters. The van der Waals surface area contributed by atoms with E-state index in [0.29, 0.717) is 5.69 Å². The Bertz CT molecular complexity index is 1170. The van der Waals surface area contributed by atoms with Crippen LogP contribution in [0.1, 0.15) is 6.92 Å². The predicted molar refractivity (Wildman–Crippen MR) is 119 cm³/mol. The first-order valence-corrected chi connectivity index (χ1v) is 11.4. The van der Waals surface area contributed by atoms with Crippen molar-refractivity contribution in [3.05, 3.63) is 47.6 Å². The molecule has 1 aromatic carbocycles. The van der Waals surface area contributed by atoms with Crippen LogP contribution >= 0.6 is 23.4 Å². The maximum absolute atomic E-state index is 12.4. The van der Waals surface area contributed by atoms with Gasteiger partial charge in [0.2, 0.25) is 5.91 Å². The zero-order chi connectivity index (χ0) is 22.6. The highest BCUT2D eigenvalue weighted by Gasteiger charge is 2.18. The summed E-state index contributed by atoms with van der Waals surface area (Å²) >= 11 is 6.72. The summed E-state index contributed by atoms with van der Waals surface area (Å²) in [5.74, 6) is 0.104. The molecule has 0 radical (unpaired) electrons. The lowest BCUT2D eigenvalue weighted by atomic mass is 10.3. The van der Waals surface area contributed by atoms with E-state index in [1.165, 1.54) is 42.5 Å². The van der Waals surface area contributed by atoms with Crippen LogP contribution in [0.15, 0.2) is 52.5 Å². The first-order valence-electron chi connectivity index (χ1n) is 8.62. The standard InChI is InChI=1S/C17H17ClN8O3S2/c1-9(30-17-22-13(19)8-14(20)23-17)16(27)21-10-2-4-11(5-3-10)31(28,29)26-15-7-6-12(18)24-25-15/h2-9H,1H3,(H,21,27)(H,25,26)(H4,19,20,22,23). The molecule has 0 aliphatic rings. The monoisotopic (exact) mass is 480 g/mol. The topological polar surface area (TPSA) is 179 Å². The van der Waals surface area contributed by atoms with Crippen LogP contribution < -0.4 is 21.5 Å². The number of hydrogen-bond donors (Lipinski definition) is 4. The van der Waals surface area contributed by atoms with Crippen molar-refractivity contribution < 1.29 is 13.2 Å². The largest absolute Gasteiger partial charge is 0.383 e. The zero-order valence-corrected chi connectivity index (χ0v) is 18.4. The minimum absolute atomic E-state index is 0.0201. The van der Waals surface area contributed by atoms with Crippen LogP contribution in [0.4, 0.5) is 23.1 Å². The second kappa shape index (κ2) is 9.32. The fourth-order valence-corrected chi connectivity index (χ4v) is 4.15. The van der Waals surface area contributed by atoms with Gasteiger partial charge in [0.15, 0.2) is 16.1 Å². The number of aromatic nitrogens is 4. The minimum atomic E-state index is -3.89. The lowest BCUT2D eigenvalue weighted by Gasteiger charge is -2.12. The summed E-state index contributed by atoms with van der Waals surface area (Å²) in [6, 6.07) is 9.84. The van der Waals surface area contributed by atoms with E-state index >= 15 is 0 Å². The number of nitrogen functional groups attached to an aromatic ring is 2. The first kappa shape index (κ1) is 22.5. The molecule has 0 aliphatic carbocycles. The van der Waals surface area contributed by atoms with Gasteiger partial charge in [-0.15, -0.1) is 10.2 Å². The molecule has 0 saturated heterocycles. The van der Waals surface area contributed by atoms with Gasteiger partial charge in [-0.25, -0.2) is 18.4 Å². The maximum Gasteiger partial charge on any atom is 0.263 e. The van der Waals surface area contributed by atoms with E-state index < -0.39 is 15.3 Å². The Morgan fingerprint density at radius 2 is 1.71 bits per heavy atom. The van der Waals surface area contributed by atoms with Crippen molar-refractivity contribution in [3.63, 3.8) is 0 Å². The summed E-state index contributed by atoms with van der Waals surface area (Å²) in [4.78, 5) is 20.5. The van der Waals surface area contributed by atoms with Crippen molar-refractivity contribution in [2.45, 2.75) is 22.2 Å². The number of rotatable bonds is 7. The molecule has 11 nitrogen and oxygen atoms in total. The Hall–Kier alpha value is -3.16. The number of sulfonamides is 1. The van der Waals surface area contributed by atoms with E-state index in [1.807, 2.05) is 0 Å². The Labute approximate surface area is 187 Å². The molecule has 3 aromatic rings. The Balaban J connectivity index is 1.63. The highest BCUT2D eigenvalue weighted by molar-refractivity contribution is 8.00. The maximum atomic E-state index is 12.4. The Morgan fingerprint density at radius 1 is 1.06 bits per heavy atom. The van der Waals surface area contributed by atoms with Gasteiger partial charge in [0, 0.05) is 11.8 Å². The van der Waals surface area contributed by atoms with Gasteiger partial charge < -0.3 is 16.8 Å². The van der Waals surface area contributed by atoms with Gasteiger partial charge in [0.05, 0.1) is 10.1 Å². The van der Waals surface area contributed by atoms with Crippen LogP contribution in [-0.2, 0) is 14.8 Å². The molecule has 3 rings (SSSR count). The van der Waals surface area contributed by atoms with Gasteiger partial charge in [-0.2, -0.15) is 0 Å². The third kappa shape index (κ3) is 6.16. The summed E-state index contributed by atoms with van der Waals surface area (Å²) in [6.45, 7) is 1.67. The van der Waals surface area contributed by atoms with Gasteiger partial charge in [-0.05, 0) is 43.3 Å². The number of amides is 1. The molecule has 1 unspecified atom stereocenters. The van der Waals surface area contributed by atoms with Gasteiger partial charge in [-0.1, -0.05) is 23.4 Å². The second-order valence-electron chi connectivity index (χ2n) is 6.12.